The van der Waals surface area contributed by atoms with Gasteiger partial charge in [-0.3, -0.25) is 4.79 Å². The highest BCUT2D eigenvalue weighted by Crippen LogP contribution is 2.31. The lowest BCUT2D eigenvalue weighted by Gasteiger charge is -2.36. The fraction of sp³-hybridized carbons (Fsp3) is 0.714. The minimum atomic E-state index is -0.0650. The summed E-state index contributed by atoms with van der Waals surface area (Å²) < 4.78 is 1.57. The summed E-state index contributed by atoms with van der Waals surface area (Å²) in [7, 11) is 0. The summed E-state index contributed by atoms with van der Waals surface area (Å²) in [6.45, 7) is 2.12. The van der Waals surface area contributed by atoms with Crippen molar-refractivity contribution in [3.05, 3.63) is 21.6 Å². The lowest BCUT2D eigenvalue weighted by atomic mass is 10.0. The molecule has 1 aromatic heterocycles. The van der Waals surface area contributed by atoms with Gasteiger partial charge in [-0.15, -0.1) is 0 Å². The third-order valence-corrected chi connectivity index (χ3v) is 4.56. The lowest BCUT2D eigenvalue weighted by molar-refractivity contribution is 0.458. The maximum Gasteiger partial charge on any atom is 0.291 e. The fourth-order valence-corrected chi connectivity index (χ4v) is 3.17. The van der Waals surface area contributed by atoms with Gasteiger partial charge in [0.25, 0.3) is 5.56 Å². The van der Waals surface area contributed by atoms with E-state index in [2.05, 4.69) is 10.00 Å². The molecule has 0 spiro atoms. The van der Waals surface area contributed by atoms with Crippen molar-refractivity contribution in [2.45, 2.75) is 44.7 Å². The smallest absolute Gasteiger partial charge is 0.291 e. The molecular weight excluding hydrogens is 276 g/mol. The van der Waals surface area contributed by atoms with Gasteiger partial charge in [-0.2, -0.15) is 5.10 Å². The minimum absolute atomic E-state index is 0.0650. The predicted octanol–water partition coefficient (Wildman–Crippen LogP) is 1.62. The number of rotatable bonds is 4. The fourth-order valence-electron chi connectivity index (χ4n) is 2.93. The summed E-state index contributed by atoms with van der Waals surface area (Å²) in [5.41, 5.74) is 6.38. The molecule has 1 aliphatic carbocycles. The van der Waals surface area contributed by atoms with Crippen LogP contribution >= 0.6 is 11.6 Å². The molecule has 110 valence electrons. The van der Waals surface area contributed by atoms with Crippen LogP contribution in [0.3, 0.4) is 0 Å². The first-order valence-electron chi connectivity index (χ1n) is 7.43. The van der Waals surface area contributed by atoms with Crippen molar-refractivity contribution < 1.29 is 0 Å². The van der Waals surface area contributed by atoms with Gasteiger partial charge in [-0.05, 0) is 38.0 Å². The van der Waals surface area contributed by atoms with Crippen LogP contribution in [-0.2, 0) is 6.54 Å². The van der Waals surface area contributed by atoms with Crippen LogP contribution in [0, 0.1) is 5.92 Å². The monoisotopic (exact) mass is 296 g/mol. The molecule has 0 aromatic carbocycles. The molecule has 0 radical (unpaired) electrons. The van der Waals surface area contributed by atoms with E-state index < -0.39 is 0 Å². The van der Waals surface area contributed by atoms with Crippen molar-refractivity contribution in [2.75, 3.05) is 18.0 Å². The second kappa shape index (κ2) is 5.74. The summed E-state index contributed by atoms with van der Waals surface area (Å²) in [5.74, 6) is 0.612. The number of hydrogen-bond donors (Lipinski definition) is 1. The molecule has 1 atom stereocenters. The number of hydrogen-bond acceptors (Lipinski definition) is 4. The van der Waals surface area contributed by atoms with Crippen LogP contribution in [0.5, 0.6) is 0 Å². The van der Waals surface area contributed by atoms with Gasteiger partial charge < -0.3 is 10.6 Å². The van der Waals surface area contributed by atoms with E-state index in [0.717, 1.165) is 25.8 Å². The Labute approximate surface area is 123 Å². The number of piperidine rings is 1. The average Bonchev–Trinajstić information content (AvgIpc) is 3.27. The summed E-state index contributed by atoms with van der Waals surface area (Å²) in [6, 6.07) is 0.214. The normalized spacial score (nSPS) is 23.1. The molecule has 1 saturated heterocycles. The number of nitrogens with two attached hydrogens (primary N) is 1. The molecule has 2 aliphatic rings. The first-order chi connectivity index (χ1) is 9.70. The molecular formula is C14H21ClN4O. The van der Waals surface area contributed by atoms with Crippen LogP contribution in [0.15, 0.2) is 11.0 Å². The van der Waals surface area contributed by atoms with Gasteiger partial charge in [0.1, 0.15) is 5.69 Å². The molecule has 2 N–H and O–H groups in total. The largest absolute Gasteiger partial charge is 0.362 e. The van der Waals surface area contributed by atoms with Crippen molar-refractivity contribution in [3.8, 4) is 0 Å². The Bertz CT molecular complexity index is 540. The lowest BCUT2D eigenvalue weighted by Crippen LogP contribution is -2.47. The molecule has 0 amide bonds. The maximum atomic E-state index is 12.6. The van der Waals surface area contributed by atoms with Crippen LogP contribution in [0.1, 0.15) is 32.1 Å². The van der Waals surface area contributed by atoms with Crippen LogP contribution in [0.2, 0.25) is 5.02 Å². The van der Waals surface area contributed by atoms with E-state index in [1.165, 1.54) is 12.8 Å². The Morgan fingerprint density at radius 2 is 2.15 bits per heavy atom. The average molecular weight is 297 g/mol. The van der Waals surface area contributed by atoms with Crippen molar-refractivity contribution in [2.24, 2.45) is 11.7 Å². The molecule has 6 heteroatoms. The zero-order valence-corrected chi connectivity index (χ0v) is 12.4. The molecule has 3 rings (SSSR count). The van der Waals surface area contributed by atoms with E-state index in [0.29, 0.717) is 29.7 Å². The zero-order chi connectivity index (χ0) is 14.1. The second-order valence-electron chi connectivity index (χ2n) is 5.85. The molecule has 2 fully saturated rings. The van der Waals surface area contributed by atoms with Crippen molar-refractivity contribution in [1.29, 1.82) is 0 Å². The van der Waals surface area contributed by atoms with E-state index in [9.17, 15) is 4.79 Å². The number of halogens is 1. The molecule has 1 aliphatic heterocycles. The summed E-state index contributed by atoms with van der Waals surface area (Å²) in [5, 5.41) is 4.63. The number of nitrogens with zero attached hydrogens (tertiary/aromatic N) is 3. The molecule has 2 heterocycles. The molecule has 0 bridgehead atoms. The van der Waals surface area contributed by atoms with Gasteiger partial charge in [-0.1, -0.05) is 11.6 Å². The minimum Gasteiger partial charge on any atom is -0.362 e. The van der Waals surface area contributed by atoms with Gasteiger partial charge in [0.15, 0.2) is 0 Å². The van der Waals surface area contributed by atoms with E-state index in [-0.39, 0.29) is 11.6 Å². The van der Waals surface area contributed by atoms with E-state index in [1.54, 1.807) is 10.9 Å². The van der Waals surface area contributed by atoms with Gasteiger partial charge >= 0.3 is 0 Å². The van der Waals surface area contributed by atoms with Crippen molar-refractivity contribution >= 4 is 17.3 Å². The molecule has 5 nitrogen and oxygen atoms in total. The Kier molecular flexibility index (Phi) is 3.98. The maximum absolute atomic E-state index is 12.6. The predicted molar refractivity (Wildman–Crippen MR) is 80.3 cm³/mol. The van der Waals surface area contributed by atoms with Gasteiger partial charge in [-0.25, -0.2) is 4.68 Å². The van der Waals surface area contributed by atoms with Crippen LogP contribution < -0.4 is 16.2 Å². The zero-order valence-electron chi connectivity index (χ0n) is 11.6. The highest BCUT2D eigenvalue weighted by molar-refractivity contribution is 6.33. The molecule has 20 heavy (non-hydrogen) atoms. The Morgan fingerprint density at radius 1 is 1.35 bits per heavy atom. The standard InChI is InChI=1S/C14H21ClN4O/c15-12-8-17-19(9-10-4-5-10)14(20)13(12)18-6-2-1-3-11(18)7-16/h8,10-11H,1-7,9,16H2. The Hall–Kier alpha value is -1.07. The number of anilines is 1. The van der Waals surface area contributed by atoms with Gasteiger partial charge in [0.2, 0.25) is 0 Å². The van der Waals surface area contributed by atoms with Crippen LogP contribution in [0.25, 0.3) is 0 Å². The highest BCUT2D eigenvalue weighted by Gasteiger charge is 2.28. The van der Waals surface area contributed by atoms with Crippen LogP contribution in [0.4, 0.5) is 5.69 Å². The van der Waals surface area contributed by atoms with E-state index in [1.807, 2.05) is 0 Å². The quantitative estimate of drug-likeness (QED) is 0.917. The third kappa shape index (κ3) is 2.69. The Morgan fingerprint density at radius 3 is 2.85 bits per heavy atom. The van der Waals surface area contributed by atoms with E-state index >= 15 is 0 Å². The molecule has 1 unspecified atom stereocenters. The van der Waals surface area contributed by atoms with Gasteiger partial charge in [0, 0.05) is 25.7 Å². The third-order valence-electron chi connectivity index (χ3n) is 4.29. The second-order valence-corrected chi connectivity index (χ2v) is 6.26. The molecule has 1 saturated carbocycles. The van der Waals surface area contributed by atoms with Crippen molar-refractivity contribution in [1.82, 2.24) is 9.78 Å². The summed E-state index contributed by atoms with van der Waals surface area (Å²) in [4.78, 5) is 14.7. The van der Waals surface area contributed by atoms with Crippen molar-refractivity contribution in [3.63, 3.8) is 0 Å². The van der Waals surface area contributed by atoms with Gasteiger partial charge in [0.05, 0.1) is 11.2 Å². The SMILES string of the molecule is NCC1CCCCN1c1c(Cl)cnn(CC2CC2)c1=O. The first kappa shape index (κ1) is 13.9. The topological polar surface area (TPSA) is 64.2 Å². The first-order valence-corrected chi connectivity index (χ1v) is 7.81. The Balaban J connectivity index is 1.95. The summed E-state index contributed by atoms with van der Waals surface area (Å²) >= 11 is 6.25. The van der Waals surface area contributed by atoms with Crippen LogP contribution in [-0.4, -0.2) is 28.9 Å². The highest BCUT2D eigenvalue weighted by atomic mass is 35.5. The molecule has 1 aromatic rings. The van der Waals surface area contributed by atoms with E-state index in [4.69, 9.17) is 17.3 Å². The number of aromatic nitrogens is 2. The summed E-state index contributed by atoms with van der Waals surface area (Å²) in [6.07, 6.45) is 7.26.